The molecule has 0 spiro atoms. The molecule has 0 amide bonds. The highest BCUT2D eigenvalue weighted by Crippen LogP contribution is 2.10. The fraction of sp³-hybridized carbons (Fsp3) is 0.769. The molecule has 1 N–H and O–H groups in total. The molecule has 18 heavy (non-hydrogen) atoms. The molecule has 0 aliphatic rings. The minimum atomic E-state index is 0.456. The van der Waals surface area contributed by atoms with Gasteiger partial charge in [0.1, 0.15) is 0 Å². The first-order valence-electron chi connectivity index (χ1n) is 6.63. The van der Waals surface area contributed by atoms with Crippen molar-refractivity contribution in [1.82, 2.24) is 20.0 Å². The van der Waals surface area contributed by atoms with Gasteiger partial charge in [-0.05, 0) is 20.0 Å². The van der Waals surface area contributed by atoms with E-state index in [0.717, 1.165) is 37.8 Å². The number of aromatic nitrogens is 2. The van der Waals surface area contributed by atoms with Crippen molar-refractivity contribution in [1.29, 1.82) is 0 Å². The van der Waals surface area contributed by atoms with Gasteiger partial charge in [0.25, 0.3) is 0 Å². The van der Waals surface area contributed by atoms with Crippen LogP contribution in [-0.2, 0) is 13.6 Å². The molecule has 1 aromatic heterocycles. The number of likely N-dealkylation sites (N-methyl/N-ethyl adjacent to an activating group) is 1. The average Bonchev–Trinajstić information content (AvgIpc) is 2.74. The van der Waals surface area contributed by atoms with Crippen LogP contribution in [0.1, 0.15) is 26.5 Å². The molecule has 0 aliphatic carbocycles. The Bertz CT molecular complexity index is 347. The van der Waals surface area contributed by atoms with E-state index in [9.17, 15) is 0 Å². The number of rotatable bonds is 8. The van der Waals surface area contributed by atoms with Gasteiger partial charge in [0, 0.05) is 32.2 Å². The van der Waals surface area contributed by atoms with Gasteiger partial charge < -0.3 is 15.0 Å². The SMILES string of the molecule is CCN(CC)CC(C)NCc1cc(OC)n(C)n1. The van der Waals surface area contributed by atoms with Crippen molar-refractivity contribution in [2.45, 2.75) is 33.4 Å². The summed E-state index contributed by atoms with van der Waals surface area (Å²) in [6.07, 6.45) is 0. The maximum absolute atomic E-state index is 5.20. The van der Waals surface area contributed by atoms with Crippen LogP contribution in [0.25, 0.3) is 0 Å². The van der Waals surface area contributed by atoms with Crippen molar-refractivity contribution in [3.8, 4) is 5.88 Å². The summed E-state index contributed by atoms with van der Waals surface area (Å²) in [6.45, 7) is 10.6. The van der Waals surface area contributed by atoms with Crippen molar-refractivity contribution in [3.05, 3.63) is 11.8 Å². The predicted octanol–water partition coefficient (Wildman–Crippen LogP) is 1.25. The van der Waals surface area contributed by atoms with E-state index in [1.807, 2.05) is 13.1 Å². The molecule has 0 saturated carbocycles. The lowest BCUT2D eigenvalue weighted by Crippen LogP contribution is -2.38. The number of ether oxygens (including phenoxy) is 1. The Morgan fingerprint density at radius 1 is 1.44 bits per heavy atom. The standard InChI is InChI=1S/C13H26N4O/c1-6-17(7-2)10-11(3)14-9-12-8-13(18-5)16(4)15-12/h8,11,14H,6-7,9-10H2,1-5H3. The molecule has 1 unspecified atom stereocenters. The van der Waals surface area contributed by atoms with Crippen molar-refractivity contribution in [3.63, 3.8) is 0 Å². The lowest BCUT2D eigenvalue weighted by molar-refractivity contribution is 0.270. The highest BCUT2D eigenvalue weighted by atomic mass is 16.5. The Morgan fingerprint density at radius 3 is 2.61 bits per heavy atom. The Kier molecular flexibility index (Phi) is 6.15. The highest BCUT2D eigenvalue weighted by Gasteiger charge is 2.09. The van der Waals surface area contributed by atoms with Crippen molar-refractivity contribution in [2.75, 3.05) is 26.7 Å². The second-order valence-corrected chi connectivity index (χ2v) is 4.57. The Hall–Kier alpha value is -1.07. The maximum atomic E-state index is 5.20. The first kappa shape index (κ1) is 15.0. The zero-order chi connectivity index (χ0) is 13.5. The normalized spacial score (nSPS) is 13.0. The fourth-order valence-corrected chi connectivity index (χ4v) is 2.00. The number of hydrogen-bond acceptors (Lipinski definition) is 4. The summed E-state index contributed by atoms with van der Waals surface area (Å²) in [5.41, 5.74) is 1.01. The van der Waals surface area contributed by atoms with E-state index in [0.29, 0.717) is 6.04 Å². The second-order valence-electron chi connectivity index (χ2n) is 4.57. The van der Waals surface area contributed by atoms with Crippen LogP contribution in [-0.4, -0.2) is 47.5 Å². The summed E-state index contributed by atoms with van der Waals surface area (Å²) in [6, 6.07) is 2.43. The molecule has 0 saturated heterocycles. The molecule has 0 radical (unpaired) electrons. The number of nitrogens with one attached hydrogen (secondary N) is 1. The van der Waals surface area contributed by atoms with E-state index >= 15 is 0 Å². The lowest BCUT2D eigenvalue weighted by Gasteiger charge is -2.23. The quantitative estimate of drug-likeness (QED) is 0.758. The molecule has 104 valence electrons. The topological polar surface area (TPSA) is 42.3 Å². The van der Waals surface area contributed by atoms with Gasteiger partial charge in [-0.2, -0.15) is 5.10 Å². The number of nitrogens with zero attached hydrogens (tertiary/aromatic N) is 3. The smallest absolute Gasteiger partial charge is 0.211 e. The fourth-order valence-electron chi connectivity index (χ4n) is 2.00. The highest BCUT2D eigenvalue weighted by molar-refractivity contribution is 5.15. The largest absolute Gasteiger partial charge is 0.481 e. The molecule has 1 atom stereocenters. The molecular weight excluding hydrogens is 228 g/mol. The lowest BCUT2D eigenvalue weighted by atomic mass is 10.3. The number of methoxy groups -OCH3 is 1. The van der Waals surface area contributed by atoms with E-state index in [1.165, 1.54) is 0 Å². The second kappa shape index (κ2) is 7.38. The Morgan fingerprint density at radius 2 is 2.11 bits per heavy atom. The maximum Gasteiger partial charge on any atom is 0.211 e. The molecule has 5 heteroatoms. The summed E-state index contributed by atoms with van der Waals surface area (Å²) < 4.78 is 6.95. The third-order valence-electron chi connectivity index (χ3n) is 3.15. The van der Waals surface area contributed by atoms with Crippen LogP contribution < -0.4 is 10.1 Å². The van der Waals surface area contributed by atoms with Crippen molar-refractivity contribution >= 4 is 0 Å². The van der Waals surface area contributed by atoms with Crippen LogP contribution >= 0.6 is 0 Å². The van der Waals surface area contributed by atoms with Gasteiger partial charge in [-0.25, -0.2) is 4.68 Å². The van der Waals surface area contributed by atoms with Gasteiger partial charge >= 0.3 is 0 Å². The van der Waals surface area contributed by atoms with Crippen LogP contribution in [0, 0.1) is 0 Å². The predicted molar refractivity (Wildman–Crippen MR) is 73.8 cm³/mol. The Balaban J connectivity index is 2.39. The van der Waals surface area contributed by atoms with Crippen molar-refractivity contribution < 1.29 is 4.74 Å². The first-order chi connectivity index (χ1) is 8.60. The summed E-state index contributed by atoms with van der Waals surface area (Å²) in [5.74, 6) is 0.795. The monoisotopic (exact) mass is 254 g/mol. The van der Waals surface area contributed by atoms with Gasteiger partial charge in [0.05, 0.1) is 12.8 Å². The van der Waals surface area contributed by atoms with Crippen molar-refractivity contribution in [2.24, 2.45) is 7.05 Å². The molecule has 1 rings (SSSR count). The first-order valence-corrected chi connectivity index (χ1v) is 6.63. The number of hydrogen-bond donors (Lipinski definition) is 1. The van der Waals surface area contributed by atoms with Crippen LogP contribution in [0.4, 0.5) is 0 Å². The zero-order valence-electron chi connectivity index (χ0n) is 12.2. The third kappa shape index (κ3) is 4.31. The van der Waals surface area contributed by atoms with Crippen LogP contribution in [0.5, 0.6) is 5.88 Å². The molecule has 0 aromatic carbocycles. The van der Waals surface area contributed by atoms with Gasteiger partial charge in [-0.3, -0.25) is 0 Å². The summed E-state index contributed by atoms with van der Waals surface area (Å²) in [4.78, 5) is 2.41. The molecule has 0 aliphatic heterocycles. The summed E-state index contributed by atoms with van der Waals surface area (Å²) in [7, 11) is 3.55. The zero-order valence-corrected chi connectivity index (χ0v) is 12.2. The van der Waals surface area contributed by atoms with E-state index in [1.54, 1.807) is 11.8 Å². The van der Waals surface area contributed by atoms with Gasteiger partial charge in [0.2, 0.25) is 5.88 Å². The van der Waals surface area contributed by atoms with Gasteiger partial charge in [-0.1, -0.05) is 13.8 Å². The average molecular weight is 254 g/mol. The molecule has 0 fully saturated rings. The van der Waals surface area contributed by atoms with Crippen LogP contribution in [0.3, 0.4) is 0 Å². The molecular formula is C13H26N4O. The van der Waals surface area contributed by atoms with E-state index in [2.05, 4.69) is 36.1 Å². The van der Waals surface area contributed by atoms with Crippen LogP contribution in [0.2, 0.25) is 0 Å². The van der Waals surface area contributed by atoms with Gasteiger partial charge in [-0.15, -0.1) is 0 Å². The Labute approximate surface area is 110 Å². The minimum Gasteiger partial charge on any atom is -0.481 e. The molecule has 1 heterocycles. The van der Waals surface area contributed by atoms with E-state index < -0.39 is 0 Å². The summed E-state index contributed by atoms with van der Waals surface area (Å²) >= 11 is 0. The molecule has 5 nitrogen and oxygen atoms in total. The third-order valence-corrected chi connectivity index (χ3v) is 3.15. The van der Waals surface area contributed by atoms with E-state index in [4.69, 9.17) is 4.74 Å². The van der Waals surface area contributed by atoms with E-state index in [-0.39, 0.29) is 0 Å². The summed E-state index contributed by atoms with van der Waals surface area (Å²) in [5, 5.41) is 7.88. The molecule has 0 bridgehead atoms. The minimum absolute atomic E-state index is 0.456. The van der Waals surface area contributed by atoms with Crippen LogP contribution in [0.15, 0.2) is 6.07 Å². The molecule has 1 aromatic rings. The van der Waals surface area contributed by atoms with Gasteiger partial charge in [0.15, 0.2) is 0 Å². The number of aryl methyl sites for hydroxylation is 1.